The normalized spacial score (nSPS) is 18.1. The second-order valence-corrected chi connectivity index (χ2v) is 5.96. The molecule has 0 spiro atoms. The zero-order valence-corrected chi connectivity index (χ0v) is 12.8. The largest absolute Gasteiger partial charge is 0.316 e. The van der Waals surface area contributed by atoms with Crippen LogP contribution in [0.25, 0.3) is 0 Å². The van der Waals surface area contributed by atoms with Crippen molar-refractivity contribution in [2.24, 2.45) is 5.41 Å². The molecule has 1 heterocycles. The van der Waals surface area contributed by atoms with Crippen LogP contribution in [0.15, 0.2) is 6.07 Å². The highest BCUT2D eigenvalue weighted by atomic mass is 15.3. The lowest BCUT2D eigenvalue weighted by atomic mass is 9.81. The standard InChI is InChI=1S/C16H29N3/c1-4-14-11-15(19(6-3)18-14)12-16(13-17-5-2)9-7-8-10-16/h11,17H,4-10,12-13H2,1-3H3. The van der Waals surface area contributed by atoms with Gasteiger partial charge in [0.15, 0.2) is 0 Å². The monoisotopic (exact) mass is 263 g/mol. The summed E-state index contributed by atoms with van der Waals surface area (Å²) in [6.07, 6.45) is 7.77. The van der Waals surface area contributed by atoms with Gasteiger partial charge in [0.25, 0.3) is 0 Å². The average Bonchev–Trinajstić information content (AvgIpc) is 3.04. The molecule has 0 amide bonds. The zero-order chi connectivity index (χ0) is 13.7. The van der Waals surface area contributed by atoms with Gasteiger partial charge >= 0.3 is 0 Å². The van der Waals surface area contributed by atoms with Crippen molar-refractivity contribution in [1.29, 1.82) is 0 Å². The van der Waals surface area contributed by atoms with Crippen molar-refractivity contribution in [3.05, 3.63) is 17.5 Å². The lowest BCUT2D eigenvalue weighted by molar-refractivity contribution is 0.272. The number of rotatable bonds is 7. The highest BCUT2D eigenvalue weighted by Crippen LogP contribution is 2.40. The summed E-state index contributed by atoms with van der Waals surface area (Å²) >= 11 is 0. The maximum absolute atomic E-state index is 4.70. The molecule has 0 saturated heterocycles. The van der Waals surface area contributed by atoms with Crippen LogP contribution in [0.4, 0.5) is 0 Å². The molecule has 2 rings (SSSR count). The van der Waals surface area contributed by atoms with Crippen molar-refractivity contribution < 1.29 is 0 Å². The van der Waals surface area contributed by atoms with Gasteiger partial charge in [0.1, 0.15) is 0 Å². The van der Waals surface area contributed by atoms with Crippen LogP contribution in [-0.4, -0.2) is 22.9 Å². The van der Waals surface area contributed by atoms with Gasteiger partial charge in [0.2, 0.25) is 0 Å². The van der Waals surface area contributed by atoms with Gasteiger partial charge in [-0.3, -0.25) is 4.68 Å². The number of nitrogens with zero attached hydrogens (tertiary/aromatic N) is 2. The van der Waals surface area contributed by atoms with Crippen molar-refractivity contribution in [3.63, 3.8) is 0 Å². The minimum absolute atomic E-state index is 0.480. The number of aryl methyl sites for hydroxylation is 2. The summed E-state index contributed by atoms with van der Waals surface area (Å²) in [6, 6.07) is 2.33. The molecule has 1 fully saturated rings. The molecule has 0 radical (unpaired) electrons. The third-order valence-electron chi connectivity index (χ3n) is 4.55. The van der Waals surface area contributed by atoms with E-state index < -0.39 is 0 Å². The average molecular weight is 263 g/mol. The van der Waals surface area contributed by atoms with Crippen LogP contribution in [-0.2, 0) is 19.4 Å². The Kier molecular flexibility index (Phi) is 5.03. The van der Waals surface area contributed by atoms with E-state index in [1.165, 1.54) is 50.0 Å². The molecule has 1 N–H and O–H groups in total. The first-order chi connectivity index (χ1) is 9.23. The number of aromatic nitrogens is 2. The van der Waals surface area contributed by atoms with Gasteiger partial charge in [0.05, 0.1) is 5.69 Å². The first-order valence-electron chi connectivity index (χ1n) is 7.99. The molecular weight excluding hydrogens is 234 g/mol. The third kappa shape index (κ3) is 3.38. The van der Waals surface area contributed by atoms with Gasteiger partial charge in [-0.15, -0.1) is 0 Å². The van der Waals surface area contributed by atoms with Gasteiger partial charge in [-0.1, -0.05) is 26.7 Å². The Morgan fingerprint density at radius 3 is 2.58 bits per heavy atom. The smallest absolute Gasteiger partial charge is 0.0624 e. The van der Waals surface area contributed by atoms with E-state index in [-0.39, 0.29) is 0 Å². The summed E-state index contributed by atoms with van der Waals surface area (Å²) in [7, 11) is 0. The molecule has 1 aliphatic carbocycles. The molecule has 0 unspecified atom stereocenters. The van der Waals surface area contributed by atoms with Crippen LogP contribution in [0.1, 0.15) is 57.8 Å². The molecule has 1 aromatic rings. The number of hydrogen-bond donors (Lipinski definition) is 1. The third-order valence-corrected chi connectivity index (χ3v) is 4.55. The molecule has 3 heteroatoms. The van der Waals surface area contributed by atoms with Gasteiger partial charge in [0, 0.05) is 18.8 Å². The van der Waals surface area contributed by atoms with Crippen molar-refractivity contribution in [1.82, 2.24) is 15.1 Å². The predicted octanol–water partition coefficient (Wildman–Crippen LogP) is 3.18. The Labute approximate surface area is 117 Å². The van der Waals surface area contributed by atoms with Crippen LogP contribution in [0.5, 0.6) is 0 Å². The van der Waals surface area contributed by atoms with E-state index in [0.29, 0.717) is 5.41 Å². The van der Waals surface area contributed by atoms with Crippen LogP contribution in [0.3, 0.4) is 0 Å². The molecule has 0 aliphatic heterocycles. The van der Waals surface area contributed by atoms with E-state index in [9.17, 15) is 0 Å². The molecule has 0 aromatic carbocycles. The number of hydrogen-bond acceptors (Lipinski definition) is 2. The summed E-state index contributed by atoms with van der Waals surface area (Å²) in [5.41, 5.74) is 3.17. The summed E-state index contributed by atoms with van der Waals surface area (Å²) in [5.74, 6) is 0. The minimum atomic E-state index is 0.480. The Bertz CT molecular complexity index is 389. The zero-order valence-electron chi connectivity index (χ0n) is 12.8. The van der Waals surface area contributed by atoms with Crippen molar-refractivity contribution in [2.45, 2.75) is 65.8 Å². The quantitative estimate of drug-likeness (QED) is 0.819. The van der Waals surface area contributed by atoms with E-state index in [0.717, 1.165) is 19.5 Å². The van der Waals surface area contributed by atoms with E-state index in [1.54, 1.807) is 0 Å². The van der Waals surface area contributed by atoms with Gasteiger partial charge in [-0.05, 0) is 50.6 Å². The summed E-state index contributed by atoms with van der Waals surface area (Å²) in [6.45, 7) is 9.83. The first kappa shape index (κ1) is 14.6. The van der Waals surface area contributed by atoms with Crippen LogP contribution in [0, 0.1) is 5.41 Å². The second kappa shape index (κ2) is 6.56. The molecule has 0 atom stereocenters. The maximum Gasteiger partial charge on any atom is 0.0624 e. The first-order valence-corrected chi connectivity index (χ1v) is 7.99. The summed E-state index contributed by atoms with van der Waals surface area (Å²) < 4.78 is 2.21. The van der Waals surface area contributed by atoms with Crippen LogP contribution >= 0.6 is 0 Å². The second-order valence-electron chi connectivity index (χ2n) is 5.96. The highest BCUT2D eigenvalue weighted by Gasteiger charge is 2.34. The van der Waals surface area contributed by atoms with Gasteiger partial charge < -0.3 is 5.32 Å². The van der Waals surface area contributed by atoms with Crippen LogP contribution in [0.2, 0.25) is 0 Å². The highest BCUT2D eigenvalue weighted by molar-refractivity contribution is 5.13. The SMILES string of the molecule is CCNCC1(Cc2cc(CC)nn2CC)CCCC1. The Morgan fingerprint density at radius 1 is 1.26 bits per heavy atom. The Balaban J connectivity index is 2.14. The fourth-order valence-corrected chi connectivity index (χ4v) is 3.42. The molecule has 1 aromatic heterocycles. The van der Waals surface area contributed by atoms with E-state index in [4.69, 9.17) is 5.10 Å². The fourth-order valence-electron chi connectivity index (χ4n) is 3.42. The molecular formula is C16H29N3. The molecule has 3 nitrogen and oxygen atoms in total. The van der Waals surface area contributed by atoms with E-state index in [1.807, 2.05) is 0 Å². The maximum atomic E-state index is 4.70. The predicted molar refractivity (Wildman–Crippen MR) is 80.4 cm³/mol. The molecule has 0 bridgehead atoms. The Hall–Kier alpha value is -0.830. The topological polar surface area (TPSA) is 29.9 Å². The van der Waals surface area contributed by atoms with Crippen molar-refractivity contribution in [2.75, 3.05) is 13.1 Å². The van der Waals surface area contributed by atoms with E-state index >= 15 is 0 Å². The lowest BCUT2D eigenvalue weighted by Gasteiger charge is -2.29. The summed E-state index contributed by atoms with van der Waals surface area (Å²) in [5, 5.41) is 8.28. The van der Waals surface area contributed by atoms with E-state index in [2.05, 4.69) is 36.8 Å². The fraction of sp³-hybridized carbons (Fsp3) is 0.812. The molecule has 1 aliphatic rings. The minimum Gasteiger partial charge on any atom is -0.316 e. The van der Waals surface area contributed by atoms with Gasteiger partial charge in [-0.2, -0.15) is 5.10 Å². The molecule has 108 valence electrons. The Morgan fingerprint density at radius 2 is 2.00 bits per heavy atom. The van der Waals surface area contributed by atoms with Crippen molar-refractivity contribution >= 4 is 0 Å². The summed E-state index contributed by atoms with van der Waals surface area (Å²) in [4.78, 5) is 0. The van der Waals surface area contributed by atoms with Crippen molar-refractivity contribution in [3.8, 4) is 0 Å². The molecule has 1 saturated carbocycles. The van der Waals surface area contributed by atoms with Gasteiger partial charge in [-0.25, -0.2) is 0 Å². The number of nitrogens with one attached hydrogen (secondary N) is 1. The molecule has 19 heavy (non-hydrogen) atoms. The lowest BCUT2D eigenvalue weighted by Crippen LogP contribution is -2.34. The van der Waals surface area contributed by atoms with Crippen LogP contribution < -0.4 is 5.32 Å².